The molecule has 1 heteroatoms. The SMILES string of the molecule is [C-]#[N+]/C=C/CC1CCCCC1. The summed E-state index contributed by atoms with van der Waals surface area (Å²) in [6, 6.07) is 0. The van der Waals surface area contributed by atoms with Gasteiger partial charge in [-0.15, -0.1) is 0 Å². The molecule has 0 heterocycles. The largest absolute Gasteiger partial charge is 0.246 e. The van der Waals surface area contributed by atoms with E-state index in [1.165, 1.54) is 32.1 Å². The maximum atomic E-state index is 6.56. The maximum absolute atomic E-state index is 6.56. The first-order valence-electron chi connectivity index (χ1n) is 4.45. The Labute approximate surface area is 68.9 Å². The topological polar surface area (TPSA) is 4.36 Å². The molecule has 1 aliphatic rings. The van der Waals surface area contributed by atoms with Crippen molar-refractivity contribution >= 4 is 0 Å². The second-order valence-corrected chi connectivity index (χ2v) is 3.25. The van der Waals surface area contributed by atoms with Gasteiger partial charge in [-0.05, 0) is 12.3 Å². The molecule has 0 saturated heterocycles. The molecule has 0 aromatic heterocycles. The van der Waals surface area contributed by atoms with Gasteiger partial charge in [0, 0.05) is 0 Å². The van der Waals surface area contributed by atoms with Crippen LogP contribution in [0.15, 0.2) is 12.3 Å². The van der Waals surface area contributed by atoms with Crippen LogP contribution in [0.3, 0.4) is 0 Å². The number of hydrogen-bond donors (Lipinski definition) is 0. The first-order valence-corrected chi connectivity index (χ1v) is 4.45. The molecule has 0 aromatic rings. The standard InChI is InChI=1S/C10H15N/c1-11-9-5-8-10-6-3-2-4-7-10/h5,9-10H,2-4,6-8H2/b9-5+. The highest BCUT2D eigenvalue weighted by molar-refractivity contribution is 4.90. The molecule has 0 radical (unpaired) electrons. The summed E-state index contributed by atoms with van der Waals surface area (Å²) in [5, 5.41) is 0. The van der Waals surface area contributed by atoms with Crippen LogP contribution in [0.4, 0.5) is 0 Å². The molecule has 0 N–H and O–H groups in total. The minimum absolute atomic E-state index is 0.877. The molecule has 0 aromatic carbocycles. The Kier molecular flexibility index (Phi) is 3.75. The molecule has 1 rings (SSSR count). The van der Waals surface area contributed by atoms with Gasteiger partial charge in [-0.1, -0.05) is 38.2 Å². The van der Waals surface area contributed by atoms with Crippen molar-refractivity contribution in [3.63, 3.8) is 0 Å². The molecule has 1 nitrogen and oxygen atoms in total. The van der Waals surface area contributed by atoms with Crippen molar-refractivity contribution in [2.45, 2.75) is 38.5 Å². The Morgan fingerprint density at radius 3 is 2.64 bits per heavy atom. The van der Waals surface area contributed by atoms with Gasteiger partial charge >= 0.3 is 0 Å². The highest BCUT2D eigenvalue weighted by atomic mass is 14.6. The van der Waals surface area contributed by atoms with E-state index in [1.807, 2.05) is 6.08 Å². The molecule has 1 fully saturated rings. The average molecular weight is 149 g/mol. The molecule has 0 aliphatic heterocycles. The van der Waals surface area contributed by atoms with Crippen molar-refractivity contribution in [3.05, 3.63) is 23.7 Å². The summed E-state index contributed by atoms with van der Waals surface area (Å²) in [5.41, 5.74) is 0. The summed E-state index contributed by atoms with van der Waals surface area (Å²) >= 11 is 0. The normalized spacial score (nSPS) is 20.3. The van der Waals surface area contributed by atoms with E-state index in [9.17, 15) is 0 Å². The highest BCUT2D eigenvalue weighted by Gasteiger charge is 2.10. The van der Waals surface area contributed by atoms with Crippen LogP contribution in [0.2, 0.25) is 0 Å². The molecule has 11 heavy (non-hydrogen) atoms. The Morgan fingerprint density at radius 2 is 2.00 bits per heavy atom. The zero-order chi connectivity index (χ0) is 7.94. The summed E-state index contributed by atoms with van der Waals surface area (Å²) in [6.07, 6.45) is 11.7. The van der Waals surface area contributed by atoms with Crippen LogP contribution >= 0.6 is 0 Å². The summed E-state index contributed by atoms with van der Waals surface area (Å²) in [7, 11) is 0. The zero-order valence-corrected chi connectivity index (χ0v) is 6.92. The van der Waals surface area contributed by atoms with Gasteiger partial charge in [-0.3, -0.25) is 0 Å². The van der Waals surface area contributed by atoms with E-state index in [4.69, 9.17) is 6.57 Å². The molecule has 1 aliphatic carbocycles. The van der Waals surface area contributed by atoms with Crippen molar-refractivity contribution in [2.75, 3.05) is 0 Å². The Hall–Kier alpha value is -0.770. The van der Waals surface area contributed by atoms with Crippen LogP contribution in [0, 0.1) is 12.5 Å². The van der Waals surface area contributed by atoms with Gasteiger partial charge in [0.1, 0.15) is 6.20 Å². The second kappa shape index (κ2) is 4.96. The first-order chi connectivity index (χ1) is 5.43. The van der Waals surface area contributed by atoms with E-state index in [2.05, 4.69) is 4.85 Å². The van der Waals surface area contributed by atoms with Crippen molar-refractivity contribution in [1.82, 2.24) is 0 Å². The number of nitrogens with zero attached hydrogens (tertiary/aromatic N) is 1. The van der Waals surface area contributed by atoms with Crippen molar-refractivity contribution in [1.29, 1.82) is 0 Å². The average Bonchev–Trinajstić information content (AvgIpc) is 2.07. The minimum Gasteiger partial charge on any atom is -0.246 e. The van der Waals surface area contributed by atoms with Gasteiger partial charge in [0.15, 0.2) is 0 Å². The van der Waals surface area contributed by atoms with E-state index < -0.39 is 0 Å². The quantitative estimate of drug-likeness (QED) is 0.530. The molecule has 60 valence electrons. The molecule has 0 bridgehead atoms. The second-order valence-electron chi connectivity index (χ2n) is 3.25. The summed E-state index contributed by atoms with van der Waals surface area (Å²) in [5.74, 6) is 0.877. The Balaban J connectivity index is 2.15. The van der Waals surface area contributed by atoms with E-state index in [0.717, 1.165) is 12.3 Å². The molecule has 0 atom stereocenters. The van der Waals surface area contributed by atoms with Gasteiger partial charge in [0.25, 0.3) is 0 Å². The molecule has 1 saturated carbocycles. The smallest absolute Gasteiger partial charge is 0.150 e. The lowest BCUT2D eigenvalue weighted by molar-refractivity contribution is 0.361. The lowest BCUT2D eigenvalue weighted by atomic mass is 9.87. The summed E-state index contributed by atoms with van der Waals surface area (Å²) < 4.78 is 0. The van der Waals surface area contributed by atoms with Crippen LogP contribution in [-0.2, 0) is 0 Å². The van der Waals surface area contributed by atoms with Gasteiger partial charge in [0.2, 0.25) is 0 Å². The van der Waals surface area contributed by atoms with Crippen LogP contribution in [0.25, 0.3) is 4.85 Å². The number of allylic oxidation sites excluding steroid dienone is 1. The summed E-state index contributed by atoms with van der Waals surface area (Å²) in [6.45, 7) is 6.56. The van der Waals surface area contributed by atoms with E-state index in [0.29, 0.717) is 0 Å². The monoisotopic (exact) mass is 149 g/mol. The molecular formula is C10H15N. The molecular weight excluding hydrogens is 134 g/mol. The minimum atomic E-state index is 0.877. The predicted octanol–water partition coefficient (Wildman–Crippen LogP) is 3.39. The zero-order valence-electron chi connectivity index (χ0n) is 6.92. The lowest BCUT2D eigenvalue weighted by Crippen LogP contribution is -2.04. The summed E-state index contributed by atoms with van der Waals surface area (Å²) in [4.78, 5) is 3.19. The number of rotatable bonds is 2. The molecule has 0 amide bonds. The fraction of sp³-hybridized carbons (Fsp3) is 0.700. The van der Waals surface area contributed by atoms with Gasteiger partial charge in [-0.2, -0.15) is 0 Å². The van der Waals surface area contributed by atoms with Gasteiger partial charge in [-0.25, -0.2) is 4.85 Å². The first kappa shape index (κ1) is 8.33. The van der Waals surface area contributed by atoms with Crippen LogP contribution in [-0.4, -0.2) is 0 Å². The molecule has 0 spiro atoms. The van der Waals surface area contributed by atoms with E-state index in [-0.39, 0.29) is 0 Å². The predicted molar refractivity (Wildman–Crippen MR) is 46.9 cm³/mol. The van der Waals surface area contributed by atoms with Gasteiger partial charge in [0.05, 0.1) is 6.57 Å². The van der Waals surface area contributed by atoms with E-state index >= 15 is 0 Å². The van der Waals surface area contributed by atoms with Crippen molar-refractivity contribution in [3.8, 4) is 0 Å². The third kappa shape index (κ3) is 3.23. The maximum Gasteiger partial charge on any atom is 0.150 e. The van der Waals surface area contributed by atoms with Gasteiger partial charge < -0.3 is 0 Å². The van der Waals surface area contributed by atoms with Crippen molar-refractivity contribution in [2.24, 2.45) is 5.92 Å². The molecule has 0 unspecified atom stereocenters. The fourth-order valence-electron chi connectivity index (χ4n) is 1.73. The Bertz CT molecular complexity index is 158. The van der Waals surface area contributed by atoms with Crippen molar-refractivity contribution < 1.29 is 0 Å². The number of hydrogen-bond acceptors (Lipinski definition) is 0. The van der Waals surface area contributed by atoms with Crippen LogP contribution < -0.4 is 0 Å². The lowest BCUT2D eigenvalue weighted by Gasteiger charge is -2.19. The fourth-order valence-corrected chi connectivity index (χ4v) is 1.73. The third-order valence-electron chi connectivity index (χ3n) is 2.37. The Morgan fingerprint density at radius 1 is 1.27 bits per heavy atom. The van der Waals surface area contributed by atoms with Crippen LogP contribution in [0.5, 0.6) is 0 Å². The third-order valence-corrected chi connectivity index (χ3v) is 2.37. The van der Waals surface area contributed by atoms with Crippen LogP contribution in [0.1, 0.15) is 38.5 Å². The highest BCUT2D eigenvalue weighted by Crippen LogP contribution is 2.26. The van der Waals surface area contributed by atoms with E-state index in [1.54, 1.807) is 6.20 Å².